The van der Waals surface area contributed by atoms with Crippen molar-refractivity contribution >= 4 is 12.1 Å². The third-order valence-electron chi connectivity index (χ3n) is 5.60. The van der Waals surface area contributed by atoms with Gasteiger partial charge in [-0.3, -0.25) is 0 Å². The SMILES string of the molecule is COC(=O)[C@H](Cc1cc(F)c(F)c(F)c1)NC(=O)OCC1c2ccccc2-c2ccccc21. The van der Waals surface area contributed by atoms with E-state index in [1.54, 1.807) is 0 Å². The predicted octanol–water partition coefficient (Wildman–Crippen LogP) is 4.73. The van der Waals surface area contributed by atoms with E-state index in [0.717, 1.165) is 41.5 Å². The molecule has 170 valence electrons. The first-order chi connectivity index (χ1) is 15.9. The molecular formula is C25H20F3NO4. The molecule has 0 radical (unpaired) electrons. The fourth-order valence-corrected chi connectivity index (χ4v) is 4.08. The van der Waals surface area contributed by atoms with Gasteiger partial charge in [-0.1, -0.05) is 48.5 Å². The van der Waals surface area contributed by atoms with E-state index in [9.17, 15) is 22.8 Å². The van der Waals surface area contributed by atoms with Crippen molar-refractivity contribution in [1.29, 1.82) is 0 Å². The maximum atomic E-state index is 13.5. The number of carbonyl (C=O) groups excluding carboxylic acids is 2. The largest absolute Gasteiger partial charge is 0.467 e. The quantitative estimate of drug-likeness (QED) is 0.431. The number of halogens is 3. The molecule has 5 nitrogen and oxygen atoms in total. The Labute approximate surface area is 188 Å². The Morgan fingerprint density at radius 2 is 1.48 bits per heavy atom. The molecule has 0 fully saturated rings. The van der Waals surface area contributed by atoms with Gasteiger partial charge in [0, 0.05) is 12.3 Å². The summed E-state index contributed by atoms with van der Waals surface area (Å²) in [7, 11) is 1.11. The molecule has 3 aromatic carbocycles. The van der Waals surface area contributed by atoms with Crippen LogP contribution in [-0.4, -0.2) is 31.8 Å². The maximum Gasteiger partial charge on any atom is 0.407 e. The van der Waals surface area contributed by atoms with Crippen LogP contribution in [0.5, 0.6) is 0 Å². The number of hydrogen-bond donors (Lipinski definition) is 1. The highest BCUT2D eigenvalue weighted by Gasteiger charge is 2.30. The average Bonchev–Trinajstić information content (AvgIpc) is 3.14. The molecule has 0 unspecified atom stereocenters. The number of alkyl carbamates (subject to hydrolysis) is 1. The summed E-state index contributed by atoms with van der Waals surface area (Å²) in [5, 5.41) is 2.37. The first-order valence-electron chi connectivity index (χ1n) is 10.2. The van der Waals surface area contributed by atoms with Crippen molar-refractivity contribution in [2.24, 2.45) is 0 Å². The van der Waals surface area contributed by atoms with Gasteiger partial charge in [0.2, 0.25) is 0 Å². The molecule has 0 aromatic heterocycles. The molecule has 0 saturated heterocycles. The van der Waals surface area contributed by atoms with Gasteiger partial charge in [-0.25, -0.2) is 22.8 Å². The van der Waals surface area contributed by atoms with Gasteiger partial charge in [-0.2, -0.15) is 0 Å². The van der Waals surface area contributed by atoms with Gasteiger partial charge in [0.05, 0.1) is 7.11 Å². The molecule has 1 amide bonds. The highest BCUT2D eigenvalue weighted by molar-refractivity contribution is 5.82. The van der Waals surface area contributed by atoms with Gasteiger partial charge in [-0.05, 0) is 39.9 Å². The van der Waals surface area contributed by atoms with Crippen molar-refractivity contribution in [2.45, 2.75) is 18.4 Å². The zero-order valence-corrected chi connectivity index (χ0v) is 17.6. The molecule has 1 atom stereocenters. The summed E-state index contributed by atoms with van der Waals surface area (Å²) in [4.78, 5) is 24.6. The van der Waals surface area contributed by atoms with Gasteiger partial charge in [-0.15, -0.1) is 0 Å². The van der Waals surface area contributed by atoms with Crippen LogP contribution >= 0.6 is 0 Å². The van der Waals surface area contributed by atoms with Crippen LogP contribution in [0.3, 0.4) is 0 Å². The minimum Gasteiger partial charge on any atom is -0.467 e. The lowest BCUT2D eigenvalue weighted by molar-refractivity contribution is -0.143. The van der Waals surface area contributed by atoms with Crippen LogP contribution < -0.4 is 5.32 Å². The second-order valence-corrected chi connectivity index (χ2v) is 7.62. The van der Waals surface area contributed by atoms with E-state index in [1.165, 1.54) is 0 Å². The first-order valence-corrected chi connectivity index (χ1v) is 10.2. The molecular weight excluding hydrogens is 435 g/mol. The van der Waals surface area contributed by atoms with Crippen LogP contribution in [0.4, 0.5) is 18.0 Å². The van der Waals surface area contributed by atoms with E-state index in [1.807, 2.05) is 48.5 Å². The molecule has 0 heterocycles. The number of carbonyl (C=O) groups is 2. The van der Waals surface area contributed by atoms with Crippen molar-refractivity contribution in [3.05, 3.63) is 94.8 Å². The fourth-order valence-electron chi connectivity index (χ4n) is 4.08. The summed E-state index contributed by atoms with van der Waals surface area (Å²) >= 11 is 0. The third kappa shape index (κ3) is 4.55. The van der Waals surface area contributed by atoms with Crippen LogP contribution in [0.2, 0.25) is 0 Å². The predicted molar refractivity (Wildman–Crippen MR) is 114 cm³/mol. The van der Waals surface area contributed by atoms with E-state index in [2.05, 4.69) is 10.1 Å². The molecule has 0 aliphatic heterocycles. The van der Waals surface area contributed by atoms with Gasteiger partial charge in [0.15, 0.2) is 17.5 Å². The highest BCUT2D eigenvalue weighted by atomic mass is 19.2. The number of fused-ring (bicyclic) bond motifs is 3. The van der Waals surface area contributed by atoms with Gasteiger partial charge >= 0.3 is 12.1 Å². The van der Waals surface area contributed by atoms with Gasteiger partial charge in [0.25, 0.3) is 0 Å². The van der Waals surface area contributed by atoms with Crippen molar-refractivity contribution in [3.63, 3.8) is 0 Å². The van der Waals surface area contributed by atoms with Crippen molar-refractivity contribution < 1.29 is 32.2 Å². The fraction of sp³-hybridized carbons (Fsp3) is 0.200. The number of nitrogens with one attached hydrogen (secondary N) is 1. The average molecular weight is 455 g/mol. The smallest absolute Gasteiger partial charge is 0.407 e. The number of rotatable bonds is 6. The Balaban J connectivity index is 1.46. The van der Waals surface area contributed by atoms with E-state index in [4.69, 9.17) is 4.74 Å². The number of hydrogen-bond acceptors (Lipinski definition) is 4. The number of methoxy groups -OCH3 is 1. The lowest BCUT2D eigenvalue weighted by atomic mass is 9.98. The number of esters is 1. The number of benzene rings is 3. The van der Waals surface area contributed by atoms with Crippen molar-refractivity contribution in [3.8, 4) is 11.1 Å². The number of amides is 1. The Kier molecular flexibility index (Phi) is 6.35. The van der Waals surface area contributed by atoms with Crippen LogP contribution in [0, 0.1) is 17.5 Å². The summed E-state index contributed by atoms with van der Waals surface area (Å²) in [6, 6.07) is 15.9. The van der Waals surface area contributed by atoms with Crippen LogP contribution in [-0.2, 0) is 20.7 Å². The summed E-state index contributed by atoms with van der Waals surface area (Å²) in [5.41, 5.74) is 4.15. The first kappa shape index (κ1) is 22.4. The van der Waals surface area contributed by atoms with E-state index in [-0.39, 0.29) is 24.5 Å². The molecule has 33 heavy (non-hydrogen) atoms. The Hall–Kier alpha value is -3.81. The summed E-state index contributed by atoms with van der Waals surface area (Å²) < 4.78 is 50.3. The van der Waals surface area contributed by atoms with Crippen LogP contribution in [0.1, 0.15) is 22.6 Å². The zero-order valence-electron chi connectivity index (χ0n) is 17.6. The van der Waals surface area contributed by atoms with Crippen LogP contribution in [0.15, 0.2) is 60.7 Å². The van der Waals surface area contributed by atoms with E-state index < -0.39 is 35.6 Å². The Morgan fingerprint density at radius 3 is 2.03 bits per heavy atom. The lowest BCUT2D eigenvalue weighted by Gasteiger charge is -2.18. The minimum atomic E-state index is -1.61. The number of ether oxygens (including phenoxy) is 2. The highest BCUT2D eigenvalue weighted by Crippen LogP contribution is 2.44. The molecule has 1 aliphatic carbocycles. The molecule has 1 N–H and O–H groups in total. The van der Waals surface area contributed by atoms with Crippen LogP contribution in [0.25, 0.3) is 11.1 Å². The van der Waals surface area contributed by atoms with Crippen molar-refractivity contribution in [2.75, 3.05) is 13.7 Å². The Bertz CT molecular complexity index is 1150. The summed E-state index contributed by atoms with van der Waals surface area (Å²) in [6.07, 6.45) is -1.21. The second-order valence-electron chi connectivity index (χ2n) is 7.62. The second kappa shape index (κ2) is 9.36. The molecule has 4 rings (SSSR count). The normalized spacial score (nSPS) is 13.1. The molecule has 0 bridgehead atoms. The van der Waals surface area contributed by atoms with E-state index >= 15 is 0 Å². The van der Waals surface area contributed by atoms with Gasteiger partial charge in [0.1, 0.15) is 12.6 Å². The zero-order chi connectivity index (χ0) is 23.5. The molecule has 0 saturated carbocycles. The monoisotopic (exact) mass is 455 g/mol. The van der Waals surface area contributed by atoms with Crippen molar-refractivity contribution in [1.82, 2.24) is 5.32 Å². The van der Waals surface area contributed by atoms with E-state index in [0.29, 0.717) is 0 Å². The molecule has 0 spiro atoms. The lowest BCUT2D eigenvalue weighted by Crippen LogP contribution is -2.43. The third-order valence-corrected chi connectivity index (χ3v) is 5.60. The molecule has 1 aliphatic rings. The topological polar surface area (TPSA) is 64.6 Å². The molecule has 3 aromatic rings. The Morgan fingerprint density at radius 1 is 0.939 bits per heavy atom. The summed E-state index contributed by atoms with van der Waals surface area (Å²) in [5.74, 6) is -5.42. The standard InChI is InChI=1S/C25H20F3NO4/c1-32-24(30)22(12-14-10-20(26)23(28)21(27)11-14)29-25(31)33-13-19-17-8-4-2-6-15(17)16-7-3-5-9-18(16)19/h2-11,19,22H,12-13H2,1H3,(H,29,31)/t22-/m0/s1. The minimum absolute atomic E-state index is 0.0214. The maximum absolute atomic E-state index is 13.5. The molecule has 8 heteroatoms. The van der Waals surface area contributed by atoms with Gasteiger partial charge < -0.3 is 14.8 Å². The summed E-state index contributed by atoms with van der Waals surface area (Å²) in [6.45, 7) is 0.0214.